The van der Waals surface area contributed by atoms with Crippen LogP contribution in [0.5, 0.6) is 11.5 Å². The minimum Gasteiger partial charge on any atom is -0.464 e. The van der Waals surface area contributed by atoms with Gasteiger partial charge in [0.1, 0.15) is 11.5 Å². The summed E-state index contributed by atoms with van der Waals surface area (Å²) in [5, 5.41) is 4.56. The molecule has 0 saturated heterocycles. The van der Waals surface area contributed by atoms with Gasteiger partial charge in [-0.3, -0.25) is 0 Å². The third-order valence-corrected chi connectivity index (χ3v) is 6.02. The molecule has 0 amide bonds. The molecule has 0 heterocycles. The van der Waals surface area contributed by atoms with Crippen LogP contribution in [-0.4, -0.2) is 0 Å². The summed E-state index contributed by atoms with van der Waals surface area (Å²) in [5.74, 6) is 1.88. The molecule has 3 rings (SSSR count). The molecule has 3 aromatic rings. The maximum atomic E-state index is 6.38. The summed E-state index contributed by atoms with van der Waals surface area (Å²) >= 11 is 0. The van der Waals surface area contributed by atoms with Gasteiger partial charge in [0.2, 0.25) is 0 Å². The fraction of sp³-hybridized carbons (Fsp3) is 0.400. The highest BCUT2D eigenvalue weighted by Gasteiger charge is 2.19. The van der Waals surface area contributed by atoms with Crippen LogP contribution in [0.15, 0.2) is 61.1 Å². The summed E-state index contributed by atoms with van der Waals surface area (Å²) in [6.45, 7) is 8.83. The molecule has 32 heavy (non-hydrogen) atoms. The second-order valence-electron chi connectivity index (χ2n) is 8.31. The van der Waals surface area contributed by atoms with E-state index in [1.54, 1.807) is 0 Å². The molecule has 0 aromatic heterocycles. The maximum absolute atomic E-state index is 6.38. The molecule has 0 spiro atoms. The van der Waals surface area contributed by atoms with Gasteiger partial charge in [0.15, 0.2) is 0 Å². The van der Waals surface area contributed by atoms with E-state index in [9.17, 15) is 0 Å². The molecular formula is C30H38O2. The van der Waals surface area contributed by atoms with Gasteiger partial charge in [-0.05, 0) is 61.8 Å². The molecule has 0 aliphatic carbocycles. The van der Waals surface area contributed by atoms with Crippen LogP contribution in [0.4, 0.5) is 0 Å². The number of hydrogen-bond acceptors (Lipinski definition) is 2. The zero-order valence-corrected chi connectivity index (χ0v) is 20.2. The third kappa shape index (κ3) is 5.35. The van der Waals surface area contributed by atoms with Gasteiger partial charge in [0.25, 0.3) is 0 Å². The quantitative estimate of drug-likeness (QED) is 0.162. The lowest BCUT2D eigenvalue weighted by Crippen LogP contribution is -1.97. The van der Waals surface area contributed by atoms with Crippen molar-refractivity contribution in [3.63, 3.8) is 0 Å². The molecule has 2 nitrogen and oxygen atoms in total. The molecule has 0 aliphatic rings. The summed E-state index contributed by atoms with van der Waals surface area (Å²) < 4.78 is 12.8. The summed E-state index contributed by atoms with van der Waals surface area (Å²) in [4.78, 5) is 0. The highest BCUT2D eigenvalue weighted by atomic mass is 16.5. The van der Waals surface area contributed by atoms with Gasteiger partial charge in [0, 0.05) is 21.5 Å². The highest BCUT2D eigenvalue weighted by Crippen LogP contribution is 2.46. The topological polar surface area (TPSA) is 18.5 Å². The second kappa shape index (κ2) is 12.3. The molecule has 0 bridgehead atoms. The summed E-state index contributed by atoms with van der Waals surface area (Å²) in [7, 11) is 0. The zero-order valence-electron chi connectivity index (χ0n) is 20.2. The van der Waals surface area contributed by atoms with Crippen LogP contribution in [0.1, 0.15) is 77.3 Å². The largest absolute Gasteiger partial charge is 0.464 e. The number of rotatable bonds is 12. The van der Waals surface area contributed by atoms with E-state index in [4.69, 9.17) is 9.47 Å². The number of hydrogen-bond donors (Lipinski definition) is 0. The van der Waals surface area contributed by atoms with E-state index in [0.717, 1.165) is 58.7 Å². The summed E-state index contributed by atoms with van der Waals surface area (Å²) in [6.07, 6.45) is 16.7. The number of unbranched alkanes of at least 4 members (excludes halogenated alkanes) is 4. The van der Waals surface area contributed by atoms with Gasteiger partial charge in [0.05, 0.1) is 12.5 Å². The molecule has 3 aromatic carbocycles. The van der Waals surface area contributed by atoms with Crippen molar-refractivity contribution in [1.29, 1.82) is 0 Å². The van der Waals surface area contributed by atoms with E-state index in [0.29, 0.717) is 0 Å². The van der Waals surface area contributed by atoms with Crippen LogP contribution in [0.25, 0.3) is 21.5 Å². The first kappa shape index (κ1) is 23.9. The van der Waals surface area contributed by atoms with E-state index in [2.05, 4.69) is 76.2 Å². The normalized spacial score (nSPS) is 11.9. The van der Waals surface area contributed by atoms with Crippen molar-refractivity contribution in [3.8, 4) is 11.5 Å². The van der Waals surface area contributed by atoms with Crippen LogP contribution in [0.2, 0.25) is 0 Å². The number of ether oxygens (including phenoxy) is 2. The average Bonchev–Trinajstić information content (AvgIpc) is 2.83. The molecular weight excluding hydrogens is 392 g/mol. The van der Waals surface area contributed by atoms with E-state index < -0.39 is 0 Å². The smallest absolute Gasteiger partial charge is 0.142 e. The maximum Gasteiger partial charge on any atom is 0.142 e. The van der Waals surface area contributed by atoms with Gasteiger partial charge in [-0.1, -0.05) is 76.9 Å². The number of aryl methyl sites for hydroxylation is 2. The minimum atomic E-state index is 0.942. The Labute approximate surface area is 193 Å². The number of benzene rings is 3. The summed E-state index contributed by atoms with van der Waals surface area (Å²) in [5.41, 5.74) is 2.56. The minimum absolute atomic E-state index is 0.942. The Morgan fingerprint density at radius 2 is 1.06 bits per heavy atom. The molecule has 0 atom stereocenters. The van der Waals surface area contributed by atoms with Gasteiger partial charge in [-0.15, -0.1) is 0 Å². The Morgan fingerprint density at radius 1 is 0.625 bits per heavy atom. The molecule has 0 radical (unpaired) electrons. The highest BCUT2D eigenvalue weighted by molar-refractivity contribution is 6.13. The molecule has 0 fully saturated rings. The Hall–Kier alpha value is -2.74. The first-order chi connectivity index (χ1) is 15.8. The second-order valence-corrected chi connectivity index (χ2v) is 8.31. The molecule has 0 N–H and O–H groups in total. The van der Waals surface area contributed by atoms with Crippen molar-refractivity contribution in [3.05, 3.63) is 72.2 Å². The van der Waals surface area contributed by atoms with E-state index in [1.807, 2.05) is 12.5 Å². The Bertz CT molecular complexity index is 988. The van der Waals surface area contributed by atoms with E-state index >= 15 is 0 Å². The zero-order chi connectivity index (χ0) is 22.8. The molecule has 0 unspecified atom stereocenters. The van der Waals surface area contributed by atoms with Crippen LogP contribution in [-0.2, 0) is 12.8 Å². The van der Waals surface area contributed by atoms with Gasteiger partial charge in [-0.2, -0.15) is 0 Å². The van der Waals surface area contributed by atoms with Crippen LogP contribution < -0.4 is 9.47 Å². The van der Waals surface area contributed by atoms with Crippen LogP contribution >= 0.6 is 0 Å². The van der Waals surface area contributed by atoms with Gasteiger partial charge < -0.3 is 9.47 Å². The molecule has 0 saturated carbocycles. The van der Waals surface area contributed by atoms with Crippen molar-refractivity contribution < 1.29 is 9.47 Å². The van der Waals surface area contributed by atoms with Crippen molar-refractivity contribution in [2.45, 2.75) is 79.1 Å². The van der Waals surface area contributed by atoms with Gasteiger partial charge in [-0.25, -0.2) is 0 Å². The predicted octanol–water partition coefficient (Wildman–Crippen LogP) is 9.28. The Kier molecular flexibility index (Phi) is 9.22. The van der Waals surface area contributed by atoms with Crippen molar-refractivity contribution in [1.82, 2.24) is 0 Å². The molecule has 2 heteroatoms. The monoisotopic (exact) mass is 430 g/mol. The van der Waals surface area contributed by atoms with E-state index in [-0.39, 0.29) is 0 Å². The fourth-order valence-corrected chi connectivity index (χ4v) is 4.23. The SMILES string of the molecule is CCCC/C=C\Oc1c2cccc(CC)c2c(O/C=C\CCCC)c2cccc(CC)c12. The van der Waals surface area contributed by atoms with Crippen LogP contribution in [0, 0.1) is 0 Å². The first-order valence-corrected chi connectivity index (χ1v) is 12.4. The third-order valence-electron chi connectivity index (χ3n) is 6.02. The van der Waals surface area contributed by atoms with Crippen LogP contribution in [0.3, 0.4) is 0 Å². The standard InChI is InChI=1S/C30H38O2/c1-5-9-11-13-21-31-29-25-19-15-18-24(8-4)28(25)30(32-22-14-12-10-6-2)26-20-16-17-23(7-3)27(26)29/h13-22H,5-12H2,1-4H3/b21-13-,22-14-. The Balaban J connectivity index is 2.23. The average molecular weight is 431 g/mol. The van der Waals surface area contributed by atoms with E-state index in [1.165, 1.54) is 36.8 Å². The van der Waals surface area contributed by atoms with Crippen molar-refractivity contribution in [2.24, 2.45) is 0 Å². The molecule has 0 aliphatic heterocycles. The first-order valence-electron chi connectivity index (χ1n) is 12.4. The number of fused-ring (bicyclic) bond motifs is 2. The number of allylic oxidation sites excluding steroid dienone is 2. The lowest BCUT2D eigenvalue weighted by atomic mass is 9.93. The lowest BCUT2D eigenvalue weighted by Gasteiger charge is -2.19. The summed E-state index contributed by atoms with van der Waals surface area (Å²) in [6, 6.07) is 13.0. The fourth-order valence-electron chi connectivity index (χ4n) is 4.23. The predicted molar refractivity (Wildman–Crippen MR) is 139 cm³/mol. The van der Waals surface area contributed by atoms with Gasteiger partial charge >= 0.3 is 0 Å². The Morgan fingerprint density at radius 3 is 1.44 bits per heavy atom. The van der Waals surface area contributed by atoms with Crippen molar-refractivity contribution >= 4 is 21.5 Å². The molecule has 170 valence electrons. The van der Waals surface area contributed by atoms with Crippen molar-refractivity contribution in [2.75, 3.05) is 0 Å². The lowest BCUT2D eigenvalue weighted by molar-refractivity contribution is 0.480.